The molecule has 8 heteroatoms. The van der Waals surface area contributed by atoms with Gasteiger partial charge in [-0.1, -0.05) is 24.7 Å². The second kappa shape index (κ2) is 7.11. The van der Waals surface area contributed by atoms with Crippen LogP contribution in [-0.2, 0) is 30.8 Å². The van der Waals surface area contributed by atoms with Gasteiger partial charge in [0.2, 0.25) is 11.0 Å². The molecule has 134 valence electrons. The minimum atomic E-state index is 0.269. The lowest BCUT2D eigenvalue weighted by atomic mass is 9.84. The maximum Gasteiger partial charge on any atom is 0.226 e. The van der Waals surface area contributed by atoms with Gasteiger partial charge >= 0.3 is 0 Å². The summed E-state index contributed by atoms with van der Waals surface area (Å²) < 4.78 is 2.03. The van der Waals surface area contributed by atoms with Gasteiger partial charge in [0.25, 0.3) is 0 Å². The highest BCUT2D eigenvalue weighted by molar-refractivity contribution is 7.15. The van der Waals surface area contributed by atoms with Crippen LogP contribution in [0.5, 0.6) is 0 Å². The van der Waals surface area contributed by atoms with Crippen molar-refractivity contribution < 1.29 is 4.79 Å². The van der Waals surface area contributed by atoms with Gasteiger partial charge in [-0.15, -0.1) is 10.2 Å². The average Bonchev–Trinajstić information content (AvgIpc) is 3.17. The van der Waals surface area contributed by atoms with Crippen LogP contribution in [0, 0.1) is 5.92 Å². The molecule has 7 nitrogen and oxygen atoms in total. The van der Waals surface area contributed by atoms with Crippen molar-refractivity contribution in [3.63, 3.8) is 0 Å². The summed E-state index contributed by atoms with van der Waals surface area (Å²) in [6.07, 6.45) is 5.38. The quantitative estimate of drug-likeness (QED) is 0.856. The van der Waals surface area contributed by atoms with Gasteiger partial charge in [0.1, 0.15) is 5.01 Å². The van der Waals surface area contributed by atoms with Crippen LogP contribution in [0.4, 0.5) is 5.13 Å². The van der Waals surface area contributed by atoms with Gasteiger partial charge in [-0.25, -0.2) is 0 Å². The number of hydrogen-bond acceptors (Lipinski definition) is 6. The third-order valence-corrected chi connectivity index (χ3v) is 5.91. The minimum Gasteiger partial charge on any atom is -0.354 e. The Morgan fingerprint density at radius 1 is 1.36 bits per heavy atom. The molecule has 1 aliphatic heterocycles. The number of aromatic nitrogens is 4. The molecule has 25 heavy (non-hydrogen) atoms. The Labute approximate surface area is 151 Å². The van der Waals surface area contributed by atoms with E-state index in [-0.39, 0.29) is 5.92 Å². The second-order valence-electron chi connectivity index (χ2n) is 6.84. The Hall–Kier alpha value is -1.96. The molecular formula is C17H24N6OS. The smallest absolute Gasteiger partial charge is 0.226 e. The van der Waals surface area contributed by atoms with Gasteiger partial charge in [0, 0.05) is 18.9 Å². The summed E-state index contributed by atoms with van der Waals surface area (Å²) in [6, 6.07) is 2.10. The van der Waals surface area contributed by atoms with E-state index in [2.05, 4.69) is 33.6 Å². The van der Waals surface area contributed by atoms with E-state index in [1.54, 1.807) is 11.3 Å². The SMILES string of the molecule is CCCc1nnc(NCc2cc3n(n2)CCN(C(=O)C2CCC2)C3)s1. The van der Waals surface area contributed by atoms with Crippen molar-refractivity contribution in [3.8, 4) is 0 Å². The molecule has 1 fully saturated rings. The molecule has 0 aromatic carbocycles. The normalized spacial score (nSPS) is 17.2. The van der Waals surface area contributed by atoms with Crippen LogP contribution in [0.2, 0.25) is 0 Å². The number of amides is 1. The van der Waals surface area contributed by atoms with E-state index in [0.717, 1.165) is 60.3 Å². The third kappa shape index (κ3) is 3.53. The van der Waals surface area contributed by atoms with Crippen LogP contribution in [0.15, 0.2) is 6.07 Å². The van der Waals surface area contributed by atoms with Gasteiger partial charge in [-0.2, -0.15) is 5.10 Å². The van der Waals surface area contributed by atoms with E-state index >= 15 is 0 Å². The molecule has 1 aliphatic carbocycles. The first-order valence-electron chi connectivity index (χ1n) is 9.13. The van der Waals surface area contributed by atoms with Crippen LogP contribution >= 0.6 is 11.3 Å². The third-order valence-electron chi connectivity index (χ3n) is 4.97. The molecule has 0 radical (unpaired) electrons. The average molecular weight is 360 g/mol. The summed E-state index contributed by atoms with van der Waals surface area (Å²) in [6.45, 7) is 5.02. The number of aryl methyl sites for hydroxylation is 1. The lowest BCUT2D eigenvalue weighted by Crippen LogP contribution is -2.43. The summed E-state index contributed by atoms with van der Waals surface area (Å²) in [5.41, 5.74) is 2.11. The molecule has 2 aromatic heterocycles. The van der Waals surface area contributed by atoms with Crippen molar-refractivity contribution >= 4 is 22.4 Å². The first-order chi connectivity index (χ1) is 12.2. The molecular weight excluding hydrogens is 336 g/mol. The highest BCUT2D eigenvalue weighted by Gasteiger charge is 2.31. The predicted octanol–water partition coefficient (Wildman–Crippen LogP) is 2.44. The Bertz CT molecular complexity index is 750. The lowest BCUT2D eigenvalue weighted by Gasteiger charge is -2.34. The molecule has 2 aliphatic rings. The number of carbonyl (C=O) groups excluding carboxylic acids is 1. The van der Waals surface area contributed by atoms with Crippen LogP contribution in [0.25, 0.3) is 0 Å². The monoisotopic (exact) mass is 360 g/mol. The molecule has 0 bridgehead atoms. The van der Waals surface area contributed by atoms with Gasteiger partial charge in [0.05, 0.1) is 31.0 Å². The summed E-state index contributed by atoms with van der Waals surface area (Å²) >= 11 is 1.61. The Kier molecular flexibility index (Phi) is 4.70. The van der Waals surface area contributed by atoms with E-state index < -0.39 is 0 Å². The molecule has 1 saturated carbocycles. The largest absolute Gasteiger partial charge is 0.354 e. The van der Waals surface area contributed by atoms with E-state index in [4.69, 9.17) is 0 Å². The molecule has 0 spiro atoms. The number of carbonyl (C=O) groups is 1. The fourth-order valence-electron chi connectivity index (χ4n) is 3.32. The second-order valence-corrected chi connectivity index (χ2v) is 7.90. The molecule has 1 amide bonds. The maximum absolute atomic E-state index is 12.4. The molecule has 1 N–H and O–H groups in total. The molecule has 0 saturated heterocycles. The van der Waals surface area contributed by atoms with Gasteiger partial charge < -0.3 is 10.2 Å². The number of anilines is 1. The first-order valence-corrected chi connectivity index (χ1v) is 9.95. The standard InChI is InChI=1S/C17H24N6OS/c1-2-4-15-19-20-17(25-15)18-10-13-9-14-11-22(7-8-23(14)21-13)16(24)12-5-3-6-12/h9,12H,2-8,10-11H2,1H3,(H,18,20). The number of nitrogens with zero attached hydrogens (tertiary/aromatic N) is 5. The Balaban J connectivity index is 1.35. The highest BCUT2D eigenvalue weighted by Crippen LogP contribution is 2.29. The van der Waals surface area contributed by atoms with Crippen molar-refractivity contribution in [3.05, 3.63) is 22.5 Å². The Morgan fingerprint density at radius 2 is 2.24 bits per heavy atom. The van der Waals surface area contributed by atoms with Crippen molar-refractivity contribution in [2.24, 2.45) is 5.92 Å². The number of rotatable bonds is 6. The van der Waals surface area contributed by atoms with E-state index in [1.165, 1.54) is 6.42 Å². The number of fused-ring (bicyclic) bond motifs is 1. The zero-order valence-electron chi connectivity index (χ0n) is 14.6. The van der Waals surface area contributed by atoms with Crippen molar-refractivity contribution in [2.75, 3.05) is 11.9 Å². The van der Waals surface area contributed by atoms with E-state index in [0.29, 0.717) is 19.0 Å². The minimum absolute atomic E-state index is 0.269. The molecule has 3 heterocycles. The van der Waals surface area contributed by atoms with Crippen molar-refractivity contribution in [1.29, 1.82) is 0 Å². The zero-order chi connectivity index (χ0) is 17.2. The summed E-state index contributed by atoms with van der Waals surface area (Å²) in [4.78, 5) is 14.4. The van der Waals surface area contributed by atoms with E-state index in [9.17, 15) is 4.79 Å². The van der Waals surface area contributed by atoms with Crippen molar-refractivity contribution in [1.82, 2.24) is 24.9 Å². The van der Waals surface area contributed by atoms with E-state index in [1.807, 2.05) is 9.58 Å². The summed E-state index contributed by atoms with van der Waals surface area (Å²) in [5.74, 6) is 0.598. The van der Waals surface area contributed by atoms with Crippen LogP contribution in [-0.4, -0.2) is 37.3 Å². The zero-order valence-corrected chi connectivity index (χ0v) is 15.4. The number of hydrogen-bond donors (Lipinski definition) is 1. The molecule has 2 aromatic rings. The fourth-order valence-corrected chi connectivity index (χ4v) is 4.16. The Morgan fingerprint density at radius 3 is 3.00 bits per heavy atom. The van der Waals surface area contributed by atoms with Crippen LogP contribution in [0.1, 0.15) is 49.0 Å². The summed E-state index contributed by atoms with van der Waals surface area (Å²) in [7, 11) is 0. The maximum atomic E-state index is 12.4. The van der Waals surface area contributed by atoms with Gasteiger partial charge in [-0.05, 0) is 25.3 Å². The van der Waals surface area contributed by atoms with Crippen molar-refractivity contribution in [2.45, 2.75) is 58.7 Å². The first kappa shape index (κ1) is 16.5. The fraction of sp³-hybridized carbons (Fsp3) is 0.647. The summed E-state index contributed by atoms with van der Waals surface area (Å²) in [5, 5.41) is 18.2. The highest BCUT2D eigenvalue weighted by atomic mass is 32.1. The topological polar surface area (TPSA) is 75.9 Å². The van der Waals surface area contributed by atoms with Crippen LogP contribution in [0.3, 0.4) is 0 Å². The number of nitrogens with one attached hydrogen (secondary N) is 1. The molecule has 0 atom stereocenters. The van der Waals surface area contributed by atoms with Gasteiger partial charge in [-0.3, -0.25) is 9.48 Å². The lowest BCUT2D eigenvalue weighted by molar-refractivity contribution is -0.139. The molecule has 4 rings (SSSR count). The van der Waals surface area contributed by atoms with Gasteiger partial charge in [0.15, 0.2) is 0 Å². The molecule has 0 unspecified atom stereocenters. The predicted molar refractivity (Wildman–Crippen MR) is 96.2 cm³/mol. The van der Waals surface area contributed by atoms with Crippen LogP contribution < -0.4 is 5.32 Å².